The summed E-state index contributed by atoms with van der Waals surface area (Å²) < 4.78 is 0. The van der Waals surface area contributed by atoms with Crippen molar-refractivity contribution < 1.29 is 9.90 Å². The molecule has 100 valence electrons. The van der Waals surface area contributed by atoms with Crippen molar-refractivity contribution in [1.29, 1.82) is 0 Å². The highest BCUT2D eigenvalue weighted by Crippen LogP contribution is 2.62. The average Bonchev–Trinajstić information content (AvgIpc) is 3.05. The van der Waals surface area contributed by atoms with E-state index in [4.69, 9.17) is 5.11 Å². The Bertz CT molecular complexity index is 357. The second kappa shape index (κ2) is 3.50. The smallest absolute Gasteiger partial charge is 0.322 e. The van der Waals surface area contributed by atoms with E-state index in [0.717, 1.165) is 24.3 Å². The maximum Gasteiger partial charge on any atom is 0.322 e. The predicted molar refractivity (Wildman–Crippen MR) is 68.2 cm³/mol. The van der Waals surface area contributed by atoms with E-state index >= 15 is 0 Å². The lowest BCUT2D eigenvalue weighted by Gasteiger charge is -2.59. The van der Waals surface area contributed by atoms with Gasteiger partial charge >= 0.3 is 5.97 Å². The van der Waals surface area contributed by atoms with Gasteiger partial charge in [-0.25, -0.2) is 0 Å². The van der Waals surface area contributed by atoms with Crippen molar-refractivity contribution in [3.63, 3.8) is 0 Å². The molecule has 18 heavy (non-hydrogen) atoms. The zero-order valence-electron chi connectivity index (χ0n) is 11.1. The molecule has 0 spiro atoms. The number of carbonyl (C=O) groups is 1. The Morgan fingerprint density at radius 2 is 1.67 bits per heavy atom. The van der Waals surface area contributed by atoms with Gasteiger partial charge in [0.1, 0.15) is 6.04 Å². The minimum absolute atomic E-state index is 0.173. The number of aliphatic carboxylic acids is 1. The predicted octanol–water partition coefficient (Wildman–Crippen LogP) is 2.36. The van der Waals surface area contributed by atoms with Crippen LogP contribution in [0.3, 0.4) is 0 Å². The second-order valence-corrected chi connectivity index (χ2v) is 7.51. The second-order valence-electron chi connectivity index (χ2n) is 7.51. The van der Waals surface area contributed by atoms with Gasteiger partial charge in [-0.2, -0.15) is 0 Å². The van der Waals surface area contributed by atoms with E-state index in [2.05, 4.69) is 11.8 Å². The summed E-state index contributed by atoms with van der Waals surface area (Å²) in [5.41, 5.74) is 0.471. The molecule has 3 heteroatoms. The van der Waals surface area contributed by atoms with E-state index in [0.29, 0.717) is 11.5 Å². The van der Waals surface area contributed by atoms with Crippen molar-refractivity contribution in [2.45, 2.75) is 57.5 Å². The highest BCUT2D eigenvalue weighted by atomic mass is 16.4. The summed E-state index contributed by atoms with van der Waals surface area (Å²) >= 11 is 0. The quantitative estimate of drug-likeness (QED) is 0.781. The molecular formula is C15H23NO2. The normalized spacial score (nSPS) is 54.4. The van der Waals surface area contributed by atoms with Gasteiger partial charge in [-0.1, -0.05) is 0 Å². The van der Waals surface area contributed by atoms with Crippen LogP contribution in [0.1, 0.15) is 45.4 Å². The van der Waals surface area contributed by atoms with Crippen molar-refractivity contribution in [1.82, 2.24) is 4.90 Å². The van der Waals surface area contributed by atoms with Gasteiger partial charge in [0.15, 0.2) is 0 Å². The summed E-state index contributed by atoms with van der Waals surface area (Å²) in [5, 5.41) is 9.11. The minimum Gasteiger partial charge on any atom is -0.480 e. The molecular weight excluding hydrogens is 226 g/mol. The summed E-state index contributed by atoms with van der Waals surface area (Å²) in [6.07, 6.45) is 8.53. The first-order valence-electron chi connectivity index (χ1n) is 7.56. The zero-order chi connectivity index (χ0) is 12.5. The van der Waals surface area contributed by atoms with Crippen LogP contribution >= 0.6 is 0 Å². The SMILES string of the molecule is CC(N1CC1C(=O)O)C12CC3CC(CC(C3)C1)C2. The Hall–Kier alpha value is -0.570. The molecule has 1 heterocycles. The standard InChI is InChI=1S/C15H23NO2/c1-9(16-8-13(16)14(17)18)15-5-10-2-11(6-15)4-12(3-10)7-15/h9-13H,2-8H2,1H3,(H,17,18). The van der Waals surface area contributed by atoms with E-state index in [-0.39, 0.29) is 6.04 Å². The lowest BCUT2D eigenvalue weighted by molar-refractivity contribution is -0.138. The minimum atomic E-state index is -0.619. The van der Waals surface area contributed by atoms with E-state index in [1.54, 1.807) is 0 Å². The van der Waals surface area contributed by atoms with Crippen molar-refractivity contribution in [2.24, 2.45) is 23.2 Å². The van der Waals surface area contributed by atoms with Crippen LogP contribution < -0.4 is 0 Å². The Balaban J connectivity index is 1.55. The maximum absolute atomic E-state index is 11.1. The third-order valence-corrected chi connectivity index (χ3v) is 6.40. The van der Waals surface area contributed by atoms with Gasteiger partial charge in [-0.15, -0.1) is 0 Å². The van der Waals surface area contributed by atoms with Gasteiger partial charge in [0, 0.05) is 12.6 Å². The lowest BCUT2D eigenvalue weighted by atomic mass is 9.48. The summed E-state index contributed by atoms with van der Waals surface area (Å²) in [6, 6.07) is 0.319. The first-order chi connectivity index (χ1) is 8.57. The summed E-state index contributed by atoms with van der Waals surface area (Å²) in [5.74, 6) is 2.26. The highest BCUT2D eigenvalue weighted by Gasteiger charge is 2.57. The molecule has 0 aromatic rings. The monoisotopic (exact) mass is 249 g/mol. The number of hydrogen-bond donors (Lipinski definition) is 1. The first-order valence-corrected chi connectivity index (χ1v) is 7.56. The summed E-state index contributed by atoms with van der Waals surface area (Å²) in [7, 11) is 0. The maximum atomic E-state index is 11.1. The van der Waals surface area contributed by atoms with Crippen molar-refractivity contribution in [3.05, 3.63) is 0 Å². The molecule has 4 aliphatic carbocycles. The molecule has 1 saturated heterocycles. The number of carboxylic acids is 1. The van der Waals surface area contributed by atoms with Crippen LogP contribution in [0, 0.1) is 23.2 Å². The molecule has 0 amide bonds. The number of carboxylic acid groups (broad SMARTS) is 1. The number of hydrogen-bond acceptors (Lipinski definition) is 2. The van der Waals surface area contributed by atoms with Gasteiger partial charge in [0.25, 0.3) is 0 Å². The zero-order valence-corrected chi connectivity index (χ0v) is 11.1. The number of nitrogens with zero attached hydrogens (tertiary/aromatic N) is 1. The molecule has 0 radical (unpaired) electrons. The largest absolute Gasteiger partial charge is 0.480 e. The highest BCUT2D eigenvalue weighted by molar-refractivity contribution is 5.77. The Labute approximate surface area is 109 Å². The van der Waals surface area contributed by atoms with Crippen molar-refractivity contribution >= 4 is 5.97 Å². The third kappa shape index (κ3) is 1.49. The van der Waals surface area contributed by atoms with Crippen LogP contribution in [0.2, 0.25) is 0 Å². The van der Waals surface area contributed by atoms with Crippen LogP contribution in [0.15, 0.2) is 0 Å². The summed E-state index contributed by atoms with van der Waals surface area (Å²) in [6.45, 7) is 3.09. The van der Waals surface area contributed by atoms with Crippen molar-refractivity contribution in [3.8, 4) is 0 Å². The molecule has 5 aliphatic rings. The van der Waals surface area contributed by atoms with E-state index < -0.39 is 5.97 Å². The molecule has 3 unspecified atom stereocenters. The Morgan fingerprint density at radius 1 is 1.17 bits per heavy atom. The topological polar surface area (TPSA) is 40.3 Å². The molecule has 5 rings (SSSR count). The van der Waals surface area contributed by atoms with E-state index in [1.165, 1.54) is 38.5 Å². The molecule has 5 fully saturated rings. The van der Waals surface area contributed by atoms with Crippen LogP contribution in [0.25, 0.3) is 0 Å². The van der Waals surface area contributed by atoms with E-state index in [1.807, 2.05) is 0 Å². The fraction of sp³-hybridized carbons (Fsp3) is 0.933. The van der Waals surface area contributed by atoms with Gasteiger partial charge in [0.2, 0.25) is 0 Å². The van der Waals surface area contributed by atoms with Crippen LogP contribution in [-0.4, -0.2) is 34.6 Å². The van der Waals surface area contributed by atoms with Crippen LogP contribution in [-0.2, 0) is 4.79 Å². The third-order valence-electron chi connectivity index (χ3n) is 6.40. The van der Waals surface area contributed by atoms with Crippen LogP contribution in [0.4, 0.5) is 0 Å². The van der Waals surface area contributed by atoms with Gasteiger partial charge < -0.3 is 5.11 Å². The van der Waals surface area contributed by atoms with Crippen LogP contribution in [0.5, 0.6) is 0 Å². The Morgan fingerprint density at radius 3 is 2.06 bits per heavy atom. The number of rotatable bonds is 3. The molecule has 3 nitrogen and oxygen atoms in total. The van der Waals surface area contributed by atoms with Gasteiger partial charge in [-0.05, 0) is 68.6 Å². The average molecular weight is 249 g/mol. The van der Waals surface area contributed by atoms with Crippen molar-refractivity contribution in [2.75, 3.05) is 6.54 Å². The van der Waals surface area contributed by atoms with Gasteiger partial charge in [-0.3, -0.25) is 9.69 Å². The molecule has 0 aromatic carbocycles. The van der Waals surface area contributed by atoms with Gasteiger partial charge in [0.05, 0.1) is 0 Å². The molecule has 1 N–H and O–H groups in total. The molecule has 0 aromatic heterocycles. The fourth-order valence-electron chi connectivity index (χ4n) is 5.84. The molecule has 3 atom stereocenters. The Kier molecular flexibility index (Phi) is 2.19. The fourth-order valence-corrected chi connectivity index (χ4v) is 5.84. The lowest BCUT2D eigenvalue weighted by Crippen LogP contribution is -2.53. The first kappa shape index (κ1) is 11.3. The van der Waals surface area contributed by atoms with E-state index in [9.17, 15) is 4.79 Å². The summed E-state index contributed by atoms with van der Waals surface area (Å²) in [4.78, 5) is 13.3. The molecule has 1 aliphatic heterocycles. The molecule has 4 bridgehead atoms. The molecule has 4 saturated carbocycles.